The van der Waals surface area contributed by atoms with Crippen molar-refractivity contribution in [3.63, 3.8) is 0 Å². The summed E-state index contributed by atoms with van der Waals surface area (Å²) in [7, 11) is 0. The van der Waals surface area contributed by atoms with E-state index in [0.29, 0.717) is 22.4 Å². The van der Waals surface area contributed by atoms with Crippen LogP contribution in [0.2, 0.25) is 0 Å². The molecule has 0 spiro atoms. The summed E-state index contributed by atoms with van der Waals surface area (Å²) in [6.45, 7) is 5.32. The SMILES string of the molecule is Cc1cc(C)cc(OCCCOc2ccc(C=C3SC(=S)NC3=O)cc2)c1. The molecule has 2 aromatic rings. The number of benzene rings is 2. The van der Waals surface area contributed by atoms with Gasteiger partial charge in [0, 0.05) is 6.42 Å². The smallest absolute Gasteiger partial charge is 0.263 e. The van der Waals surface area contributed by atoms with Crippen LogP contribution in [0.4, 0.5) is 0 Å². The Labute approximate surface area is 168 Å². The molecular weight excluding hydrogens is 378 g/mol. The number of nitrogens with one attached hydrogen (secondary N) is 1. The number of aryl methyl sites for hydroxylation is 2. The van der Waals surface area contributed by atoms with Crippen LogP contribution in [0.25, 0.3) is 6.08 Å². The van der Waals surface area contributed by atoms with Crippen LogP contribution in [0.5, 0.6) is 11.5 Å². The molecule has 3 rings (SSSR count). The average Bonchev–Trinajstić information content (AvgIpc) is 2.92. The van der Waals surface area contributed by atoms with Gasteiger partial charge in [-0.05, 0) is 60.9 Å². The molecule has 1 aliphatic rings. The summed E-state index contributed by atoms with van der Waals surface area (Å²) in [6, 6.07) is 13.8. The highest BCUT2D eigenvalue weighted by Crippen LogP contribution is 2.26. The van der Waals surface area contributed by atoms with Crippen LogP contribution in [0.15, 0.2) is 47.4 Å². The molecule has 1 heterocycles. The second-order valence-corrected chi connectivity index (χ2v) is 8.01. The Balaban J connectivity index is 1.43. The molecule has 1 amide bonds. The predicted octanol–water partition coefficient (Wildman–Crippen LogP) is 4.64. The number of hydrogen-bond acceptors (Lipinski definition) is 5. The van der Waals surface area contributed by atoms with Crippen molar-refractivity contribution in [3.8, 4) is 11.5 Å². The minimum atomic E-state index is -0.144. The summed E-state index contributed by atoms with van der Waals surface area (Å²) >= 11 is 6.26. The number of thiocarbonyl (C=S) groups is 1. The quantitative estimate of drug-likeness (QED) is 0.418. The predicted molar refractivity (Wildman–Crippen MR) is 114 cm³/mol. The van der Waals surface area contributed by atoms with Crippen molar-refractivity contribution >= 4 is 40.3 Å². The molecular formula is C21H21NO3S2. The van der Waals surface area contributed by atoms with Gasteiger partial charge in [0.15, 0.2) is 0 Å². The molecule has 0 bridgehead atoms. The molecule has 4 nitrogen and oxygen atoms in total. The highest BCUT2D eigenvalue weighted by molar-refractivity contribution is 8.26. The summed E-state index contributed by atoms with van der Waals surface area (Å²) < 4.78 is 12.0. The molecule has 140 valence electrons. The maximum atomic E-state index is 11.7. The highest BCUT2D eigenvalue weighted by atomic mass is 32.2. The summed E-state index contributed by atoms with van der Waals surface area (Å²) in [5, 5.41) is 2.61. The van der Waals surface area contributed by atoms with E-state index in [2.05, 4.69) is 25.2 Å². The zero-order valence-corrected chi connectivity index (χ0v) is 16.9. The third-order valence-electron chi connectivity index (χ3n) is 3.84. The minimum Gasteiger partial charge on any atom is -0.493 e. The average molecular weight is 400 g/mol. The van der Waals surface area contributed by atoms with Gasteiger partial charge in [0.2, 0.25) is 0 Å². The normalized spacial score (nSPS) is 15.1. The van der Waals surface area contributed by atoms with E-state index in [1.54, 1.807) is 0 Å². The fourth-order valence-electron chi connectivity index (χ4n) is 2.69. The van der Waals surface area contributed by atoms with E-state index in [-0.39, 0.29) is 5.91 Å². The van der Waals surface area contributed by atoms with E-state index in [1.807, 2.05) is 42.5 Å². The fourth-order valence-corrected chi connectivity index (χ4v) is 3.73. The Morgan fingerprint density at radius 1 is 1.00 bits per heavy atom. The van der Waals surface area contributed by atoms with Crippen molar-refractivity contribution in [1.82, 2.24) is 5.32 Å². The van der Waals surface area contributed by atoms with Gasteiger partial charge >= 0.3 is 0 Å². The Kier molecular flexibility index (Phi) is 6.53. The second-order valence-electron chi connectivity index (χ2n) is 6.30. The molecule has 0 radical (unpaired) electrons. The third-order valence-corrected chi connectivity index (χ3v) is 5.00. The first kappa shape index (κ1) is 19.5. The largest absolute Gasteiger partial charge is 0.493 e. The minimum absolute atomic E-state index is 0.144. The number of carbonyl (C=O) groups excluding carboxylic acids is 1. The summed E-state index contributed by atoms with van der Waals surface area (Å²) in [4.78, 5) is 12.3. The lowest BCUT2D eigenvalue weighted by Gasteiger charge is -2.09. The van der Waals surface area contributed by atoms with Crippen LogP contribution in [0.3, 0.4) is 0 Å². The number of rotatable bonds is 7. The lowest BCUT2D eigenvalue weighted by atomic mass is 10.1. The van der Waals surface area contributed by atoms with Crippen LogP contribution >= 0.6 is 24.0 Å². The van der Waals surface area contributed by atoms with Gasteiger partial charge in [-0.1, -0.05) is 42.2 Å². The van der Waals surface area contributed by atoms with E-state index in [4.69, 9.17) is 21.7 Å². The number of thioether (sulfide) groups is 1. The Bertz CT molecular complexity index is 855. The lowest BCUT2D eigenvalue weighted by molar-refractivity contribution is -0.115. The topological polar surface area (TPSA) is 47.6 Å². The van der Waals surface area contributed by atoms with Crippen LogP contribution in [-0.2, 0) is 4.79 Å². The van der Waals surface area contributed by atoms with Gasteiger partial charge in [0.05, 0.1) is 18.1 Å². The van der Waals surface area contributed by atoms with Crippen LogP contribution < -0.4 is 14.8 Å². The fraction of sp³-hybridized carbons (Fsp3) is 0.238. The molecule has 0 aromatic heterocycles. The molecule has 6 heteroatoms. The van der Waals surface area contributed by atoms with E-state index < -0.39 is 0 Å². The van der Waals surface area contributed by atoms with Gasteiger partial charge in [-0.25, -0.2) is 0 Å². The summed E-state index contributed by atoms with van der Waals surface area (Å²) in [5.41, 5.74) is 3.33. The van der Waals surface area contributed by atoms with Gasteiger partial charge in [-0.3, -0.25) is 4.79 Å². The third kappa shape index (κ3) is 5.84. The molecule has 0 atom stereocenters. The first-order chi connectivity index (χ1) is 13.0. The van der Waals surface area contributed by atoms with Crippen molar-refractivity contribution in [2.75, 3.05) is 13.2 Å². The highest BCUT2D eigenvalue weighted by Gasteiger charge is 2.21. The number of hydrogen-bond donors (Lipinski definition) is 1. The Morgan fingerprint density at radius 3 is 2.22 bits per heavy atom. The Morgan fingerprint density at radius 2 is 1.63 bits per heavy atom. The molecule has 0 unspecified atom stereocenters. The summed E-state index contributed by atoms with van der Waals surface area (Å²) in [5.74, 6) is 1.55. The van der Waals surface area contributed by atoms with E-state index in [0.717, 1.165) is 23.5 Å². The lowest BCUT2D eigenvalue weighted by Crippen LogP contribution is -2.17. The van der Waals surface area contributed by atoms with Crippen LogP contribution in [-0.4, -0.2) is 23.4 Å². The van der Waals surface area contributed by atoms with E-state index >= 15 is 0 Å². The maximum Gasteiger partial charge on any atom is 0.263 e. The molecule has 1 aliphatic heterocycles. The standard InChI is InChI=1S/C21H21NO3S2/c1-14-10-15(2)12-18(11-14)25-9-3-8-24-17-6-4-16(5-7-17)13-19-20(23)22-21(26)27-19/h4-7,10-13H,3,8-9H2,1-2H3,(H,22,23,26). The molecule has 2 aromatic carbocycles. The molecule has 1 fully saturated rings. The molecule has 27 heavy (non-hydrogen) atoms. The second kappa shape index (κ2) is 9.06. The first-order valence-corrected chi connectivity index (χ1v) is 9.91. The van der Waals surface area contributed by atoms with Gasteiger partial charge < -0.3 is 14.8 Å². The zero-order valence-electron chi connectivity index (χ0n) is 15.3. The molecule has 1 N–H and O–H groups in total. The molecule has 0 aliphatic carbocycles. The van der Waals surface area contributed by atoms with Crippen molar-refractivity contribution in [2.45, 2.75) is 20.3 Å². The maximum absolute atomic E-state index is 11.7. The van der Waals surface area contributed by atoms with Crippen LogP contribution in [0.1, 0.15) is 23.1 Å². The monoisotopic (exact) mass is 399 g/mol. The Hall–Kier alpha value is -2.31. The van der Waals surface area contributed by atoms with Crippen molar-refractivity contribution in [3.05, 3.63) is 64.1 Å². The summed E-state index contributed by atoms with van der Waals surface area (Å²) in [6.07, 6.45) is 2.62. The number of amides is 1. The van der Waals surface area contributed by atoms with E-state index in [9.17, 15) is 4.79 Å². The van der Waals surface area contributed by atoms with Gasteiger partial charge in [-0.15, -0.1) is 0 Å². The van der Waals surface area contributed by atoms with Crippen molar-refractivity contribution in [2.24, 2.45) is 0 Å². The van der Waals surface area contributed by atoms with Gasteiger partial charge in [0.1, 0.15) is 15.8 Å². The van der Waals surface area contributed by atoms with Crippen molar-refractivity contribution in [1.29, 1.82) is 0 Å². The zero-order chi connectivity index (χ0) is 19.2. The van der Waals surface area contributed by atoms with Gasteiger partial charge in [-0.2, -0.15) is 0 Å². The number of ether oxygens (including phenoxy) is 2. The molecule has 0 saturated carbocycles. The van der Waals surface area contributed by atoms with Crippen LogP contribution in [0, 0.1) is 13.8 Å². The number of carbonyl (C=O) groups is 1. The molecule has 1 saturated heterocycles. The van der Waals surface area contributed by atoms with Crippen molar-refractivity contribution < 1.29 is 14.3 Å². The van der Waals surface area contributed by atoms with Gasteiger partial charge in [0.25, 0.3) is 5.91 Å². The van der Waals surface area contributed by atoms with E-state index in [1.165, 1.54) is 22.9 Å². The first-order valence-electron chi connectivity index (χ1n) is 8.68.